The second kappa shape index (κ2) is 8.04. The van der Waals surface area contributed by atoms with Crippen molar-refractivity contribution >= 4 is 40.2 Å². The maximum atomic E-state index is 12.1. The normalized spacial score (nSPS) is 15.8. The monoisotopic (exact) mass is 411 g/mol. The molecule has 3 N–H and O–H groups in total. The number of nitrogens with two attached hydrogens (primary N) is 1. The van der Waals surface area contributed by atoms with E-state index in [1.165, 1.54) is 11.3 Å². The number of nitrogens with zero attached hydrogens (tertiary/aromatic N) is 1. The number of rotatable bonds is 5. The predicted molar refractivity (Wildman–Crippen MR) is 114 cm³/mol. The van der Waals surface area contributed by atoms with Crippen LogP contribution in [0.3, 0.4) is 0 Å². The van der Waals surface area contributed by atoms with Gasteiger partial charge in [0.2, 0.25) is 0 Å². The Labute approximate surface area is 171 Å². The van der Waals surface area contributed by atoms with Crippen molar-refractivity contribution in [1.29, 1.82) is 0 Å². The number of nitrogens with one attached hydrogen (secondary N) is 1. The average Bonchev–Trinajstić information content (AvgIpc) is 3.36. The molecule has 0 bridgehead atoms. The molecule has 1 aliphatic rings. The first kappa shape index (κ1) is 18.5. The molecular weight excluding hydrogens is 394 g/mol. The zero-order valence-electron chi connectivity index (χ0n) is 14.9. The van der Waals surface area contributed by atoms with Crippen LogP contribution in [-0.4, -0.2) is 24.3 Å². The molecule has 1 unspecified atom stereocenters. The number of carbonyl (C=O) groups is 1. The van der Waals surface area contributed by atoms with Crippen LogP contribution in [0.4, 0.5) is 5.69 Å². The molecule has 0 aliphatic carbocycles. The molecule has 0 saturated heterocycles. The second-order valence-electron chi connectivity index (χ2n) is 6.45. The van der Waals surface area contributed by atoms with E-state index in [1.54, 1.807) is 12.1 Å². The highest BCUT2D eigenvalue weighted by molar-refractivity contribution is 7.18. The molecule has 5 nitrogen and oxygen atoms in total. The second-order valence-corrected chi connectivity index (χ2v) is 8.16. The molecule has 1 amide bonds. The summed E-state index contributed by atoms with van der Waals surface area (Å²) in [7, 11) is 0. The van der Waals surface area contributed by atoms with Gasteiger partial charge in [0.1, 0.15) is 6.10 Å². The largest absolute Gasteiger partial charge is 0.398 e. The molecule has 28 heavy (non-hydrogen) atoms. The molecule has 2 heterocycles. The van der Waals surface area contributed by atoms with Gasteiger partial charge in [-0.05, 0) is 29.3 Å². The van der Waals surface area contributed by atoms with Crippen LogP contribution < -0.4 is 11.1 Å². The maximum Gasteiger partial charge on any atom is 0.261 e. The van der Waals surface area contributed by atoms with Crippen LogP contribution >= 0.6 is 22.9 Å². The Kier molecular flexibility index (Phi) is 5.32. The van der Waals surface area contributed by atoms with Gasteiger partial charge in [0.05, 0.1) is 21.5 Å². The number of oxime groups is 1. The van der Waals surface area contributed by atoms with Crippen LogP contribution in [0.15, 0.2) is 65.8 Å². The minimum absolute atomic E-state index is 0.154. The molecule has 3 aromatic rings. The molecule has 142 valence electrons. The number of amides is 1. The van der Waals surface area contributed by atoms with Gasteiger partial charge in [-0.25, -0.2) is 0 Å². The fourth-order valence-corrected chi connectivity index (χ4v) is 4.00. The number of para-hydroxylation sites is 1. The van der Waals surface area contributed by atoms with Crippen LogP contribution in [0, 0.1) is 0 Å². The van der Waals surface area contributed by atoms with Crippen LogP contribution in [0.2, 0.25) is 4.34 Å². The number of anilines is 1. The Bertz CT molecular complexity index is 1030. The fourth-order valence-electron chi connectivity index (χ4n) is 3.04. The van der Waals surface area contributed by atoms with E-state index < -0.39 is 0 Å². The number of benzene rings is 2. The Morgan fingerprint density at radius 2 is 1.89 bits per heavy atom. The molecule has 4 rings (SSSR count). The highest BCUT2D eigenvalue weighted by Crippen LogP contribution is 2.27. The average molecular weight is 412 g/mol. The zero-order chi connectivity index (χ0) is 19.5. The molecule has 0 saturated carbocycles. The first-order valence-electron chi connectivity index (χ1n) is 8.81. The van der Waals surface area contributed by atoms with Crippen molar-refractivity contribution in [2.24, 2.45) is 5.16 Å². The number of hydrogen-bond acceptors (Lipinski definition) is 5. The van der Waals surface area contributed by atoms with Crippen LogP contribution in [-0.2, 0) is 4.84 Å². The van der Waals surface area contributed by atoms with Gasteiger partial charge < -0.3 is 15.9 Å². The Hall–Kier alpha value is -2.83. The maximum absolute atomic E-state index is 12.1. The van der Waals surface area contributed by atoms with Gasteiger partial charge in [-0.1, -0.05) is 59.2 Å². The van der Waals surface area contributed by atoms with Crippen LogP contribution in [0.5, 0.6) is 0 Å². The summed E-state index contributed by atoms with van der Waals surface area (Å²) in [5, 5.41) is 7.05. The molecular formula is C21H18ClN3O2S. The van der Waals surface area contributed by atoms with E-state index in [2.05, 4.69) is 10.5 Å². The lowest BCUT2D eigenvalue weighted by atomic mass is 9.99. The fraction of sp³-hybridized carbons (Fsp3) is 0.143. The molecule has 0 radical (unpaired) electrons. The first-order chi connectivity index (χ1) is 13.6. The summed E-state index contributed by atoms with van der Waals surface area (Å²) in [6.07, 6.45) is 0.456. The third-order valence-corrected chi connectivity index (χ3v) is 5.74. The lowest BCUT2D eigenvalue weighted by Crippen LogP contribution is -2.31. The molecule has 1 aliphatic heterocycles. The number of halogens is 1. The number of hydrogen-bond donors (Lipinski definition) is 2. The van der Waals surface area contributed by atoms with Crippen molar-refractivity contribution in [1.82, 2.24) is 5.32 Å². The molecule has 0 fully saturated rings. The van der Waals surface area contributed by atoms with E-state index >= 15 is 0 Å². The van der Waals surface area contributed by atoms with Crippen molar-refractivity contribution in [2.75, 3.05) is 12.3 Å². The lowest BCUT2D eigenvalue weighted by Gasteiger charge is -2.09. The SMILES string of the molecule is Nc1ccccc1-c1ccc(C2=NOC(CNC(=O)c3ccc(Cl)s3)C2)cc1. The molecule has 1 atom stereocenters. The highest BCUT2D eigenvalue weighted by Gasteiger charge is 2.23. The van der Waals surface area contributed by atoms with E-state index in [0.717, 1.165) is 28.1 Å². The van der Waals surface area contributed by atoms with Crippen molar-refractivity contribution in [2.45, 2.75) is 12.5 Å². The summed E-state index contributed by atoms with van der Waals surface area (Å²) in [5.74, 6) is -0.154. The molecule has 1 aromatic heterocycles. The Morgan fingerprint density at radius 1 is 1.14 bits per heavy atom. The zero-order valence-corrected chi connectivity index (χ0v) is 16.5. The third-order valence-electron chi connectivity index (χ3n) is 4.51. The van der Waals surface area contributed by atoms with Crippen molar-refractivity contribution < 1.29 is 9.63 Å². The highest BCUT2D eigenvalue weighted by atomic mass is 35.5. The van der Waals surface area contributed by atoms with Crippen LogP contribution in [0.25, 0.3) is 11.1 Å². The summed E-state index contributed by atoms with van der Waals surface area (Å²) >= 11 is 7.12. The number of nitrogen functional groups attached to an aromatic ring is 1. The molecule has 7 heteroatoms. The van der Waals surface area contributed by atoms with E-state index in [1.807, 2.05) is 48.5 Å². The summed E-state index contributed by atoms with van der Waals surface area (Å²) in [6.45, 7) is 0.389. The van der Waals surface area contributed by atoms with Crippen molar-refractivity contribution in [3.8, 4) is 11.1 Å². The lowest BCUT2D eigenvalue weighted by molar-refractivity contribution is 0.0755. The smallest absolute Gasteiger partial charge is 0.261 e. The summed E-state index contributed by atoms with van der Waals surface area (Å²) in [5.41, 5.74) is 10.7. The first-order valence-corrected chi connectivity index (χ1v) is 10.0. The van der Waals surface area contributed by atoms with Crippen molar-refractivity contribution in [3.05, 3.63) is 75.4 Å². The topological polar surface area (TPSA) is 76.7 Å². The van der Waals surface area contributed by atoms with E-state index in [-0.39, 0.29) is 12.0 Å². The van der Waals surface area contributed by atoms with Crippen molar-refractivity contribution in [3.63, 3.8) is 0 Å². The predicted octanol–water partition coefficient (Wildman–Crippen LogP) is 4.57. The van der Waals surface area contributed by atoms with E-state index in [9.17, 15) is 4.79 Å². The van der Waals surface area contributed by atoms with Gasteiger partial charge >= 0.3 is 0 Å². The van der Waals surface area contributed by atoms with Crippen LogP contribution in [0.1, 0.15) is 21.7 Å². The number of thiophene rings is 1. The van der Waals surface area contributed by atoms with Gasteiger partial charge in [-0.3, -0.25) is 4.79 Å². The summed E-state index contributed by atoms with van der Waals surface area (Å²) in [6, 6.07) is 19.3. The van der Waals surface area contributed by atoms with E-state index in [0.29, 0.717) is 22.2 Å². The van der Waals surface area contributed by atoms with Gasteiger partial charge in [0.15, 0.2) is 0 Å². The quantitative estimate of drug-likeness (QED) is 0.603. The minimum Gasteiger partial charge on any atom is -0.398 e. The number of carbonyl (C=O) groups excluding carboxylic acids is 1. The van der Waals surface area contributed by atoms with Gasteiger partial charge in [-0.15, -0.1) is 11.3 Å². The van der Waals surface area contributed by atoms with E-state index in [4.69, 9.17) is 22.2 Å². The van der Waals surface area contributed by atoms with Gasteiger partial charge in [0.25, 0.3) is 5.91 Å². The molecule has 2 aromatic carbocycles. The standard InChI is InChI=1S/C21H18ClN3O2S/c22-20-10-9-19(28-20)21(26)24-12-15-11-18(25-27-15)14-7-5-13(6-8-14)16-3-1-2-4-17(16)23/h1-10,15H,11-12,23H2,(H,24,26). The third kappa shape index (κ3) is 4.03. The van der Waals surface area contributed by atoms with Gasteiger partial charge in [-0.2, -0.15) is 0 Å². The minimum atomic E-state index is -0.182. The summed E-state index contributed by atoms with van der Waals surface area (Å²) < 4.78 is 0.591. The Morgan fingerprint density at radius 3 is 2.61 bits per heavy atom. The Balaban J connectivity index is 1.35. The molecule has 0 spiro atoms. The summed E-state index contributed by atoms with van der Waals surface area (Å²) in [4.78, 5) is 18.2. The van der Waals surface area contributed by atoms with Gasteiger partial charge in [0, 0.05) is 17.7 Å².